The summed E-state index contributed by atoms with van der Waals surface area (Å²) in [6.45, 7) is 0.304. The van der Waals surface area contributed by atoms with Gasteiger partial charge in [-0.15, -0.1) is 0 Å². The molecule has 0 aliphatic heterocycles. The highest BCUT2D eigenvalue weighted by Crippen LogP contribution is 2.36. The zero-order valence-corrected chi connectivity index (χ0v) is 11.5. The van der Waals surface area contributed by atoms with Crippen LogP contribution in [0, 0.1) is 0 Å². The van der Waals surface area contributed by atoms with Gasteiger partial charge in [0.25, 0.3) is 0 Å². The van der Waals surface area contributed by atoms with E-state index in [1.54, 1.807) is 0 Å². The van der Waals surface area contributed by atoms with E-state index in [4.69, 9.17) is 5.11 Å². The van der Waals surface area contributed by atoms with Crippen LogP contribution in [0.4, 0.5) is 18.9 Å². The molecule has 0 saturated carbocycles. The fraction of sp³-hybridized carbons (Fsp3) is 0.417. The Morgan fingerprint density at radius 3 is 2.58 bits per heavy atom. The zero-order valence-electron chi connectivity index (χ0n) is 9.93. The standard InChI is InChI=1S/C12H13BrF3NO2/c13-8-4-5-10(9(7-8)12(14,15)16)17-6-2-1-3-11(18)19/h4-5,7,17H,1-3,6H2,(H,18,19). The summed E-state index contributed by atoms with van der Waals surface area (Å²) in [6, 6.07) is 3.89. The number of alkyl halides is 3. The van der Waals surface area contributed by atoms with Crippen molar-refractivity contribution in [3.8, 4) is 0 Å². The lowest BCUT2D eigenvalue weighted by molar-refractivity contribution is -0.137. The topological polar surface area (TPSA) is 49.3 Å². The monoisotopic (exact) mass is 339 g/mol. The van der Waals surface area contributed by atoms with Gasteiger partial charge in [-0.25, -0.2) is 0 Å². The zero-order chi connectivity index (χ0) is 14.5. The van der Waals surface area contributed by atoms with Gasteiger partial charge in [-0.05, 0) is 31.0 Å². The van der Waals surface area contributed by atoms with Gasteiger partial charge in [0.15, 0.2) is 0 Å². The SMILES string of the molecule is O=C(O)CCCCNc1ccc(Br)cc1C(F)(F)F. The average molecular weight is 340 g/mol. The molecule has 0 unspecified atom stereocenters. The van der Waals surface area contributed by atoms with Crippen LogP contribution < -0.4 is 5.32 Å². The maximum Gasteiger partial charge on any atom is 0.418 e. The molecule has 1 aromatic rings. The number of unbranched alkanes of at least 4 members (excludes halogenated alkanes) is 1. The van der Waals surface area contributed by atoms with E-state index in [1.807, 2.05) is 0 Å². The van der Waals surface area contributed by atoms with E-state index in [2.05, 4.69) is 21.2 Å². The van der Waals surface area contributed by atoms with Crippen molar-refractivity contribution in [3.05, 3.63) is 28.2 Å². The number of carboxylic acids is 1. The van der Waals surface area contributed by atoms with Crippen LogP contribution in [-0.2, 0) is 11.0 Å². The molecule has 1 rings (SSSR count). The Balaban J connectivity index is 2.61. The van der Waals surface area contributed by atoms with E-state index in [0.29, 0.717) is 23.9 Å². The number of anilines is 1. The predicted octanol–water partition coefficient (Wildman–Crippen LogP) is 4.13. The molecule has 0 fully saturated rings. The highest BCUT2D eigenvalue weighted by atomic mass is 79.9. The molecule has 7 heteroatoms. The summed E-state index contributed by atoms with van der Waals surface area (Å²) in [4.78, 5) is 10.3. The number of rotatable bonds is 6. The van der Waals surface area contributed by atoms with Gasteiger partial charge in [-0.2, -0.15) is 13.2 Å². The molecular weight excluding hydrogens is 327 g/mol. The number of hydrogen-bond acceptors (Lipinski definition) is 2. The Labute approximate surface area is 116 Å². The minimum atomic E-state index is -4.42. The molecule has 1 aromatic carbocycles. The van der Waals surface area contributed by atoms with Gasteiger partial charge >= 0.3 is 12.1 Å². The van der Waals surface area contributed by atoms with Crippen molar-refractivity contribution in [2.75, 3.05) is 11.9 Å². The maximum atomic E-state index is 12.8. The van der Waals surface area contributed by atoms with Gasteiger partial charge in [-0.3, -0.25) is 4.79 Å². The Hall–Kier alpha value is -1.24. The second kappa shape index (κ2) is 6.79. The number of carbonyl (C=O) groups is 1. The molecule has 106 valence electrons. The summed E-state index contributed by atoms with van der Waals surface area (Å²) in [7, 11) is 0. The molecule has 0 aliphatic rings. The van der Waals surface area contributed by atoms with Crippen LogP contribution in [0.2, 0.25) is 0 Å². The molecule has 0 saturated heterocycles. The van der Waals surface area contributed by atoms with Crippen molar-refractivity contribution in [1.29, 1.82) is 0 Å². The second-order valence-corrected chi connectivity index (χ2v) is 4.88. The maximum absolute atomic E-state index is 12.8. The van der Waals surface area contributed by atoms with Crippen LogP contribution in [-0.4, -0.2) is 17.6 Å². The summed E-state index contributed by atoms with van der Waals surface area (Å²) >= 11 is 3.00. The van der Waals surface area contributed by atoms with Crippen LogP contribution in [0.25, 0.3) is 0 Å². The number of hydrogen-bond donors (Lipinski definition) is 2. The van der Waals surface area contributed by atoms with E-state index < -0.39 is 17.7 Å². The van der Waals surface area contributed by atoms with Crippen LogP contribution in [0.1, 0.15) is 24.8 Å². The summed E-state index contributed by atoms with van der Waals surface area (Å²) in [5.41, 5.74) is -0.730. The number of carboxylic acid groups (broad SMARTS) is 1. The average Bonchev–Trinajstić information content (AvgIpc) is 2.28. The highest BCUT2D eigenvalue weighted by Gasteiger charge is 2.33. The third kappa shape index (κ3) is 5.50. The molecular formula is C12H13BrF3NO2. The largest absolute Gasteiger partial charge is 0.481 e. The highest BCUT2D eigenvalue weighted by molar-refractivity contribution is 9.10. The smallest absolute Gasteiger partial charge is 0.418 e. The molecule has 0 amide bonds. The van der Waals surface area contributed by atoms with E-state index in [0.717, 1.165) is 6.07 Å². The van der Waals surface area contributed by atoms with Crippen molar-refractivity contribution < 1.29 is 23.1 Å². The minimum Gasteiger partial charge on any atom is -0.481 e. The van der Waals surface area contributed by atoms with Crippen molar-refractivity contribution in [1.82, 2.24) is 0 Å². The third-order valence-corrected chi connectivity index (χ3v) is 2.91. The predicted molar refractivity (Wildman–Crippen MR) is 69.1 cm³/mol. The first kappa shape index (κ1) is 15.8. The van der Waals surface area contributed by atoms with Gasteiger partial charge in [0, 0.05) is 23.1 Å². The van der Waals surface area contributed by atoms with Gasteiger partial charge in [0.05, 0.1) is 5.56 Å². The van der Waals surface area contributed by atoms with E-state index in [-0.39, 0.29) is 12.1 Å². The van der Waals surface area contributed by atoms with Crippen molar-refractivity contribution in [3.63, 3.8) is 0 Å². The molecule has 2 N–H and O–H groups in total. The van der Waals surface area contributed by atoms with E-state index in [1.165, 1.54) is 12.1 Å². The first-order valence-corrected chi connectivity index (χ1v) is 6.42. The fourth-order valence-corrected chi connectivity index (χ4v) is 1.89. The Morgan fingerprint density at radius 1 is 1.32 bits per heavy atom. The molecule has 0 atom stereocenters. The Bertz CT molecular complexity index is 449. The molecule has 0 bridgehead atoms. The first-order chi connectivity index (χ1) is 8.80. The van der Waals surface area contributed by atoms with Crippen LogP contribution in [0.15, 0.2) is 22.7 Å². The summed E-state index contributed by atoms with van der Waals surface area (Å²) in [5.74, 6) is -0.903. The molecule has 19 heavy (non-hydrogen) atoms. The van der Waals surface area contributed by atoms with Crippen LogP contribution in [0.3, 0.4) is 0 Å². The van der Waals surface area contributed by atoms with E-state index in [9.17, 15) is 18.0 Å². The number of nitrogens with one attached hydrogen (secondary N) is 1. The van der Waals surface area contributed by atoms with Crippen LogP contribution >= 0.6 is 15.9 Å². The summed E-state index contributed by atoms with van der Waals surface area (Å²) in [6.07, 6.45) is -3.47. The van der Waals surface area contributed by atoms with Gasteiger partial charge in [0.2, 0.25) is 0 Å². The lowest BCUT2D eigenvalue weighted by Gasteiger charge is -2.14. The fourth-order valence-electron chi connectivity index (χ4n) is 1.53. The summed E-state index contributed by atoms with van der Waals surface area (Å²) < 4.78 is 38.7. The molecule has 0 aliphatic carbocycles. The number of halogens is 4. The quantitative estimate of drug-likeness (QED) is 0.766. The molecule has 0 radical (unpaired) electrons. The molecule has 0 aromatic heterocycles. The van der Waals surface area contributed by atoms with Crippen LogP contribution in [0.5, 0.6) is 0 Å². The molecule has 3 nitrogen and oxygen atoms in total. The third-order valence-electron chi connectivity index (χ3n) is 2.42. The normalized spacial score (nSPS) is 11.4. The van der Waals surface area contributed by atoms with Crippen molar-refractivity contribution in [2.24, 2.45) is 0 Å². The first-order valence-electron chi connectivity index (χ1n) is 5.63. The van der Waals surface area contributed by atoms with Gasteiger partial charge in [-0.1, -0.05) is 15.9 Å². The van der Waals surface area contributed by atoms with E-state index >= 15 is 0 Å². The Kier molecular flexibility index (Phi) is 5.65. The van der Waals surface area contributed by atoms with Gasteiger partial charge in [0.1, 0.15) is 0 Å². The second-order valence-electron chi connectivity index (χ2n) is 3.97. The van der Waals surface area contributed by atoms with Crippen molar-refractivity contribution in [2.45, 2.75) is 25.4 Å². The lowest BCUT2D eigenvalue weighted by Crippen LogP contribution is -2.12. The number of benzene rings is 1. The Morgan fingerprint density at radius 2 is 2.00 bits per heavy atom. The molecule has 0 spiro atoms. The number of aliphatic carboxylic acids is 1. The minimum absolute atomic E-state index is 0.00558. The molecule has 0 heterocycles. The lowest BCUT2D eigenvalue weighted by atomic mass is 10.1. The summed E-state index contributed by atoms with van der Waals surface area (Å²) in [5, 5.41) is 11.1. The van der Waals surface area contributed by atoms with Gasteiger partial charge < -0.3 is 10.4 Å². The van der Waals surface area contributed by atoms with Crippen molar-refractivity contribution >= 4 is 27.6 Å².